The lowest BCUT2D eigenvalue weighted by Gasteiger charge is -2.13. The van der Waals surface area contributed by atoms with Gasteiger partial charge in [-0.3, -0.25) is 10.1 Å². The van der Waals surface area contributed by atoms with E-state index in [0.29, 0.717) is 0 Å². The lowest BCUT2D eigenvalue weighted by atomic mass is 10.0. The summed E-state index contributed by atoms with van der Waals surface area (Å²) in [5, 5.41) is 20.2. The summed E-state index contributed by atoms with van der Waals surface area (Å²) in [6.07, 6.45) is -4.55. The van der Waals surface area contributed by atoms with E-state index in [2.05, 4.69) is 0 Å². The number of nitro groups is 1. The molecule has 0 amide bonds. The van der Waals surface area contributed by atoms with Gasteiger partial charge in [0.1, 0.15) is 5.75 Å². The van der Waals surface area contributed by atoms with Crippen LogP contribution in [0.2, 0.25) is 0 Å². The van der Waals surface area contributed by atoms with Crippen molar-refractivity contribution in [2.75, 3.05) is 7.11 Å². The molecule has 2 rings (SSSR count). The number of halogens is 3. The number of phenols is 1. The fourth-order valence-corrected chi connectivity index (χ4v) is 1.95. The summed E-state index contributed by atoms with van der Waals surface area (Å²) in [7, 11) is 1.28. The first kappa shape index (κ1) is 15.6. The first-order valence-corrected chi connectivity index (χ1v) is 5.97. The van der Waals surface area contributed by atoms with Crippen molar-refractivity contribution in [3.63, 3.8) is 0 Å². The Hall–Kier alpha value is -2.77. The number of alkyl halides is 3. The summed E-state index contributed by atoms with van der Waals surface area (Å²) < 4.78 is 43.4. The van der Waals surface area contributed by atoms with Gasteiger partial charge in [-0.1, -0.05) is 6.07 Å². The Kier molecular flexibility index (Phi) is 3.94. The molecule has 0 spiro atoms. The molecule has 0 atom stereocenters. The number of phenolic OH excluding ortho intramolecular Hbond substituents is 1. The zero-order chi connectivity index (χ0) is 16.5. The summed E-state index contributed by atoms with van der Waals surface area (Å²) in [4.78, 5) is 10.00. The standard InChI is InChI=1S/C14H10F3NO4/c1-22-13-5-3-9(14(15,16)17)7-10(13)8-2-4-12(19)11(6-8)18(20)21/h2-7,19H,1H3. The molecule has 116 valence electrons. The van der Waals surface area contributed by atoms with E-state index in [9.17, 15) is 28.4 Å². The van der Waals surface area contributed by atoms with Crippen LogP contribution in [0.4, 0.5) is 18.9 Å². The van der Waals surface area contributed by atoms with E-state index in [-0.39, 0.29) is 16.9 Å². The Balaban J connectivity index is 2.65. The van der Waals surface area contributed by atoms with Gasteiger partial charge in [0.15, 0.2) is 5.75 Å². The number of benzene rings is 2. The molecule has 8 heteroatoms. The quantitative estimate of drug-likeness (QED) is 0.687. The van der Waals surface area contributed by atoms with Crippen LogP contribution in [-0.4, -0.2) is 17.1 Å². The molecule has 22 heavy (non-hydrogen) atoms. The van der Waals surface area contributed by atoms with Gasteiger partial charge < -0.3 is 9.84 Å². The molecule has 0 radical (unpaired) electrons. The third-order valence-electron chi connectivity index (χ3n) is 3.01. The molecule has 0 saturated carbocycles. The fourth-order valence-electron chi connectivity index (χ4n) is 1.95. The maximum Gasteiger partial charge on any atom is 0.416 e. The number of aromatic hydroxyl groups is 1. The minimum atomic E-state index is -4.55. The van der Waals surface area contributed by atoms with E-state index in [1.165, 1.54) is 13.2 Å². The van der Waals surface area contributed by atoms with E-state index >= 15 is 0 Å². The zero-order valence-corrected chi connectivity index (χ0v) is 11.2. The second-order valence-corrected chi connectivity index (χ2v) is 4.37. The molecule has 0 unspecified atom stereocenters. The van der Waals surface area contributed by atoms with E-state index < -0.39 is 28.1 Å². The van der Waals surface area contributed by atoms with Gasteiger partial charge in [0.05, 0.1) is 17.6 Å². The largest absolute Gasteiger partial charge is 0.502 e. The molecule has 0 aliphatic carbocycles. The minimum absolute atomic E-state index is 0.0421. The third kappa shape index (κ3) is 2.95. The summed E-state index contributed by atoms with van der Waals surface area (Å²) in [5.74, 6) is -0.437. The Morgan fingerprint density at radius 2 is 1.86 bits per heavy atom. The Bertz CT molecular complexity index is 729. The summed E-state index contributed by atoms with van der Waals surface area (Å²) in [6, 6.07) is 6.16. The molecule has 0 heterocycles. The van der Waals surface area contributed by atoms with Gasteiger partial charge >= 0.3 is 11.9 Å². The van der Waals surface area contributed by atoms with Crippen molar-refractivity contribution in [3.8, 4) is 22.6 Å². The minimum Gasteiger partial charge on any atom is -0.502 e. The first-order chi connectivity index (χ1) is 10.2. The zero-order valence-electron chi connectivity index (χ0n) is 11.2. The summed E-state index contributed by atoms with van der Waals surface area (Å²) in [5.41, 5.74) is -1.33. The highest BCUT2D eigenvalue weighted by atomic mass is 19.4. The Morgan fingerprint density at radius 1 is 1.18 bits per heavy atom. The van der Waals surface area contributed by atoms with E-state index in [0.717, 1.165) is 30.3 Å². The van der Waals surface area contributed by atoms with Gasteiger partial charge in [0.25, 0.3) is 0 Å². The van der Waals surface area contributed by atoms with Crippen LogP contribution >= 0.6 is 0 Å². The summed E-state index contributed by atoms with van der Waals surface area (Å²) >= 11 is 0. The lowest BCUT2D eigenvalue weighted by molar-refractivity contribution is -0.385. The number of rotatable bonds is 3. The van der Waals surface area contributed by atoms with Crippen LogP contribution in [0.5, 0.6) is 11.5 Å². The van der Waals surface area contributed by atoms with Crippen LogP contribution in [-0.2, 0) is 6.18 Å². The number of methoxy groups -OCH3 is 1. The Morgan fingerprint density at radius 3 is 2.41 bits per heavy atom. The van der Waals surface area contributed by atoms with Gasteiger partial charge in [0.2, 0.25) is 0 Å². The molecular weight excluding hydrogens is 303 g/mol. The van der Waals surface area contributed by atoms with Gasteiger partial charge in [-0.2, -0.15) is 13.2 Å². The predicted octanol–water partition coefficient (Wildman–Crippen LogP) is 3.99. The molecule has 2 aromatic rings. The predicted molar refractivity (Wildman–Crippen MR) is 71.8 cm³/mol. The molecule has 0 aliphatic rings. The monoisotopic (exact) mass is 313 g/mol. The molecule has 0 fully saturated rings. The molecule has 5 nitrogen and oxygen atoms in total. The van der Waals surface area contributed by atoms with E-state index in [1.54, 1.807) is 0 Å². The van der Waals surface area contributed by atoms with Gasteiger partial charge in [-0.25, -0.2) is 0 Å². The molecule has 1 N–H and O–H groups in total. The van der Waals surface area contributed by atoms with Crippen LogP contribution in [0, 0.1) is 10.1 Å². The van der Waals surface area contributed by atoms with Crippen molar-refractivity contribution in [2.24, 2.45) is 0 Å². The number of hydrogen-bond donors (Lipinski definition) is 1. The molecular formula is C14H10F3NO4. The number of nitro benzene ring substituents is 1. The topological polar surface area (TPSA) is 72.6 Å². The highest BCUT2D eigenvalue weighted by molar-refractivity contribution is 5.74. The van der Waals surface area contributed by atoms with Crippen molar-refractivity contribution in [2.45, 2.75) is 6.18 Å². The highest BCUT2D eigenvalue weighted by Crippen LogP contribution is 2.39. The van der Waals surface area contributed by atoms with Crippen LogP contribution in [0.15, 0.2) is 36.4 Å². The molecule has 0 saturated heterocycles. The SMILES string of the molecule is COc1ccc(C(F)(F)F)cc1-c1ccc(O)c([N+](=O)[O-])c1. The normalized spacial score (nSPS) is 11.3. The van der Waals surface area contributed by atoms with Crippen molar-refractivity contribution in [1.29, 1.82) is 0 Å². The van der Waals surface area contributed by atoms with Gasteiger partial charge in [-0.05, 0) is 29.8 Å². The van der Waals surface area contributed by atoms with Crippen molar-refractivity contribution in [1.82, 2.24) is 0 Å². The van der Waals surface area contributed by atoms with Crippen LogP contribution in [0.3, 0.4) is 0 Å². The second kappa shape index (κ2) is 5.55. The van der Waals surface area contributed by atoms with Gasteiger partial charge in [0, 0.05) is 11.6 Å². The second-order valence-electron chi connectivity index (χ2n) is 4.37. The van der Waals surface area contributed by atoms with Gasteiger partial charge in [-0.15, -0.1) is 0 Å². The Labute approximate surface area is 122 Å². The first-order valence-electron chi connectivity index (χ1n) is 5.97. The lowest BCUT2D eigenvalue weighted by Crippen LogP contribution is -2.05. The van der Waals surface area contributed by atoms with Crippen molar-refractivity contribution >= 4 is 5.69 Å². The molecule has 2 aromatic carbocycles. The maximum absolute atomic E-state index is 12.8. The highest BCUT2D eigenvalue weighted by Gasteiger charge is 2.31. The van der Waals surface area contributed by atoms with Crippen molar-refractivity contribution < 1.29 is 27.9 Å². The average molecular weight is 313 g/mol. The maximum atomic E-state index is 12.8. The molecule has 0 aromatic heterocycles. The number of hydrogen-bond acceptors (Lipinski definition) is 4. The fraction of sp³-hybridized carbons (Fsp3) is 0.143. The number of nitrogens with zero attached hydrogens (tertiary/aromatic N) is 1. The van der Waals surface area contributed by atoms with Crippen LogP contribution in [0.1, 0.15) is 5.56 Å². The third-order valence-corrected chi connectivity index (χ3v) is 3.01. The van der Waals surface area contributed by atoms with E-state index in [4.69, 9.17) is 4.74 Å². The average Bonchev–Trinajstić information content (AvgIpc) is 2.46. The summed E-state index contributed by atoms with van der Waals surface area (Å²) in [6.45, 7) is 0. The van der Waals surface area contributed by atoms with Crippen molar-refractivity contribution in [3.05, 3.63) is 52.1 Å². The number of ether oxygens (including phenoxy) is 1. The van der Waals surface area contributed by atoms with Crippen LogP contribution < -0.4 is 4.74 Å². The van der Waals surface area contributed by atoms with E-state index in [1.807, 2.05) is 0 Å². The smallest absolute Gasteiger partial charge is 0.416 e. The molecule has 0 aliphatic heterocycles. The van der Waals surface area contributed by atoms with Crippen LogP contribution in [0.25, 0.3) is 11.1 Å². The molecule has 0 bridgehead atoms.